The van der Waals surface area contributed by atoms with Gasteiger partial charge in [-0.3, -0.25) is 4.79 Å². The molecule has 3 rings (SSSR count). The van der Waals surface area contributed by atoms with Crippen molar-refractivity contribution in [3.05, 3.63) is 58.0 Å². The minimum absolute atomic E-state index is 0.0220. The molecule has 0 atom stereocenters. The highest BCUT2D eigenvalue weighted by atomic mass is 79.9. The molecule has 0 aliphatic rings. The monoisotopic (exact) mass is 508 g/mol. The number of hydrogen-bond donors (Lipinski definition) is 2. The Labute approximate surface area is 191 Å². The first-order valence-electron chi connectivity index (χ1n) is 9.67. The average molecular weight is 509 g/mol. The minimum Gasteiger partial charge on any atom is -0.492 e. The Bertz CT molecular complexity index is 1200. The molecule has 0 bridgehead atoms. The Hall–Kier alpha value is -3.19. The van der Waals surface area contributed by atoms with Crippen LogP contribution in [-0.2, 0) is 6.42 Å². The summed E-state index contributed by atoms with van der Waals surface area (Å²) in [7, 11) is 1.54. The lowest BCUT2D eigenvalue weighted by Crippen LogP contribution is -2.18. The van der Waals surface area contributed by atoms with Crippen LogP contribution in [-0.4, -0.2) is 41.7 Å². The van der Waals surface area contributed by atoms with E-state index in [1.165, 1.54) is 17.6 Å². The van der Waals surface area contributed by atoms with Gasteiger partial charge in [0.05, 0.1) is 35.4 Å². The number of amides is 1. The number of fused-ring (bicyclic) bond motifs is 1. The maximum atomic E-state index is 13.1. The van der Waals surface area contributed by atoms with E-state index in [2.05, 4.69) is 43.4 Å². The number of benzene rings is 1. The predicted molar refractivity (Wildman–Crippen MR) is 119 cm³/mol. The second-order valence-corrected chi connectivity index (χ2v) is 7.48. The Morgan fingerprint density at radius 1 is 1.31 bits per heavy atom. The molecule has 2 aromatic heterocycles. The summed E-state index contributed by atoms with van der Waals surface area (Å²) in [5, 5.41) is 5.62. The lowest BCUT2D eigenvalue weighted by Gasteiger charge is -2.12. The maximum absolute atomic E-state index is 13.1. The Balaban J connectivity index is 1.84. The second kappa shape index (κ2) is 9.96. The average Bonchev–Trinajstić information content (AvgIpc) is 3.09. The lowest BCUT2D eigenvalue weighted by atomic mass is 10.1. The fourth-order valence-electron chi connectivity index (χ4n) is 3.04. The van der Waals surface area contributed by atoms with Gasteiger partial charge in [0, 0.05) is 18.8 Å². The molecule has 0 fully saturated rings. The van der Waals surface area contributed by atoms with Crippen LogP contribution in [0.25, 0.3) is 5.65 Å². The van der Waals surface area contributed by atoms with Crippen LogP contribution in [0.3, 0.4) is 0 Å². The van der Waals surface area contributed by atoms with Gasteiger partial charge >= 0.3 is 6.18 Å². The van der Waals surface area contributed by atoms with Gasteiger partial charge in [-0.1, -0.05) is 5.92 Å². The molecule has 0 aliphatic carbocycles. The fourth-order valence-corrected chi connectivity index (χ4v) is 3.47. The van der Waals surface area contributed by atoms with Crippen molar-refractivity contribution in [3.63, 3.8) is 0 Å². The number of aromatic nitrogens is 2. The Morgan fingerprint density at radius 3 is 2.78 bits per heavy atom. The van der Waals surface area contributed by atoms with Crippen molar-refractivity contribution in [2.75, 3.05) is 25.5 Å². The fraction of sp³-hybridized carbons (Fsp3) is 0.273. The molecule has 0 saturated heterocycles. The first kappa shape index (κ1) is 23.5. The van der Waals surface area contributed by atoms with Gasteiger partial charge in [-0.25, -0.2) is 4.98 Å². The molecule has 6 nitrogen and oxygen atoms in total. The largest absolute Gasteiger partial charge is 0.492 e. The van der Waals surface area contributed by atoms with Gasteiger partial charge in [0.15, 0.2) is 5.65 Å². The van der Waals surface area contributed by atoms with E-state index in [-0.39, 0.29) is 23.8 Å². The van der Waals surface area contributed by atoms with Crippen molar-refractivity contribution in [2.24, 2.45) is 0 Å². The molecule has 32 heavy (non-hydrogen) atoms. The van der Waals surface area contributed by atoms with E-state index in [4.69, 9.17) is 4.74 Å². The number of halogens is 4. The standard InChI is InChI=1S/C22H20BrF3N4O2/c1-3-32-19-12-14(21(31)27-2)8-9-17(19)28-10-4-7-16-18(13-22(24,25)26)30-11-5-6-15(23)20(30)29-16/h5-6,8-9,11-12,28H,3,10,13H2,1-2H3,(H,27,31). The smallest absolute Gasteiger partial charge is 0.394 e. The summed E-state index contributed by atoms with van der Waals surface area (Å²) >= 11 is 3.31. The molecule has 0 radical (unpaired) electrons. The van der Waals surface area contributed by atoms with Gasteiger partial charge in [0.1, 0.15) is 11.4 Å². The predicted octanol–water partition coefficient (Wildman–Crippen LogP) is 4.42. The van der Waals surface area contributed by atoms with Gasteiger partial charge in [-0.2, -0.15) is 13.2 Å². The van der Waals surface area contributed by atoms with Gasteiger partial charge in [0.2, 0.25) is 0 Å². The highest BCUT2D eigenvalue weighted by Gasteiger charge is 2.31. The number of hydrogen-bond acceptors (Lipinski definition) is 4. The number of carbonyl (C=O) groups excluding carboxylic acids is 1. The zero-order valence-electron chi connectivity index (χ0n) is 17.3. The molecule has 1 amide bonds. The highest BCUT2D eigenvalue weighted by molar-refractivity contribution is 9.10. The van der Waals surface area contributed by atoms with E-state index >= 15 is 0 Å². The van der Waals surface area contributed by atoms with Crippen molar-refractivity contribution in [3.8, 4) is 17.6 Å². The zero-order chi connectivity index (χ0) is 23.3. The van der Waals surface area contributed by atoms with Crippen LogP contribution in [0.5, 0.6) is 5.75 Å². The number of alkyl halides is 3. The Kier molecular flexibility index (Phi) is 7.30. The molecule has 10 heteroatoms. The number of rotatable bonds is 6. The number of anilines is 1. The van der Waals surface area contributed by atoms with Crippen LogP contribution < -0.4 is 15.4 Å². The third-order valence-corrected chi connectivity index (χ3v) is 5.03. The van der Waals surface area contributed by atoms with Crippen molar-refractivity contribution in [2.45, 2.75) is 19.5 Å². The molecule has 2 N–H and O–H groups in total. The van der Waals surface area contributed by atoms with Crippen LogP contribution in [0, 0.1) is 11.8 Å². The van der Waals surface area contributed by atoms with Crippen LogP contribution in [0.15, 0.2) is 41.0 Å². The van der Waals surface area contributed by atoms with Gasteiger partial charge in [-0.05, 0) is 59.1 Å². The molecule has 0 aliphatic heterocycles. The van der Waals surface area contributed by atoms with E-state index in [9.17, 15) is 18.0 Å². The summed E-state index contributed by atoms with van der Waals surface area (Å²) in [5.74, 6) is 5.80. The number of carbonyl (C=O) groups is 1. The summed E-state index contributed by atoms with van der Waals surface area (Å²) in [6, 6.07) is 8.27. The summed E-state index contributed by atoms with van der Waals surface area (Å²) < 4.78 is 46.9. The lowest BCUT2D eigenvalue weighted by molar-refractivity contribution is -0.128. The number of ether oxygens (including phenoxy) is 1. The van der Waals surface area contributed by atoms with E-state index in [0.29, 0.717) is 33.7 Å². The van der Waals surface area contributed by atoms with Crippen LogP contribution in [0.2, 0.25) is 0 Å². The van der Waals surface area contributed by atoms with Crippen molar-refractivity contribution < 1.29 is 22.7 Å². The molecule has 0 saturated carbocycles. The SMILES string of the molecule is CCOc1cc(C(=O)NC)ccc1NCC#Cc1nc2c(Br)cccn2c1CC(F)(F)F. The van der Waals surface area contributed by atoms with Crippen molar-refractivity contribution in [1.29, 1.82) is 0 Å². The van der Waals surface area contributed by atoms with Crippen LogP contribution >= 0.6 is 15.9 Å². The van der Waals surface area contributed by atoms with Gasteiger partial charge in [0.25, 0.3) is 5.91 Å². The molecule has 2 heterocycles. The molecule has 168 valence electrons. The number of imidazole rings is 1. The number of nitrogens with zero attached hydrogens (tertiary/aromatic N) is 2. The van der Waals surface area contributed by atoms with Crippen molar-refractivity contribution in [1.82, 2.24) is 14.7 Å². The first-order chi connectivity index (χ1) is 15.2. The van der Waals surface area contributed by atoms with E-state index < -0.39 is 12.6 Å². The Morgan fingerprint density at radius 2 is 2.09 bits per heavy atom. The maximum Gasteiger partial charge on any atom is 0.394 e. The molecular weight excluding hydrogens is 489 g/mol. The van der Waals surface area contributed by atoms with E-state index in [1.807, 2.05) is 6.92 Å². The zero-order valence-corrected chi connectivity index (χ0v) is 18.9. The van der Waals surface area contributed by atoms with Crippen LogP contribution in [0.1, 0.15) is 28.7 Å². The van der Waals surface area contributed by atoms with Crippen LogP contribution in [0.4, 0.5) is 18.9 Å². The first-order valence-corrected chi connectivity index (χ1v) is 10.5. The third-order valence-electron chi connectivity index (χ3n) is 4.41. The van der Waals surface area contributed by atoms with E-state index in [0.717, 1.165) is 0 Å². The third kappa shape index (κ3) is 5.53. The normalized spacial score (nSPS) is 11.1. The van der Waals surface area contributed by atoms with Crippen molar-refractivity contribution >= 4 is 33.2 Å². The summed E-state index contributed by atoms with van der Waals surface area (Å²) in [6.45, 7) is 2.36. The number of pyridine rings is 1. The molecule has 0 unspecified atom stereocenters. The molecule has 1 aromatic carbocycles. The summed E-state index contributed by atoms with van der Waals surface area (Å²) in [5.41, 5.74) is 1.47. The van der Waals surface area contributed by atoms with Gasteiger partial charge < -0.3 is 19.8 Å². The molecular formula is C22H20BrF3N4O2. The number of nitrogens with one attached hydrogen (secondary N) is 2. The quantitative estimate of drug-likeness (QED) is 0.483. The topological polar surface area (TPSA) is 67.7 Å². The highest BCUT2D eigenvalue weighted by Crippen LogP contribution is 2.27. The minimum atomic E-state index is -4.40. The van der Waals surface area contributed by atoms with E-state index in [1.54, 1.807) is 30.3 Å². The summed E-state index contributed by atoms with van der Waals surface area (Å²) in [4.78, 5) is 16.1. The molecule has 0 spiro atoms. The summed E-state index contributed by atoms with van der Waals surface area (Å²) in [6.07, 6.45) is -4.01. The second-order valence-electron chi connectivity index (χ2n) is 6.63. The van der Waals surface area contributed by atoms with Gasteiger partial charge in [-0.15, -0.1) is 0 Å². The molecule has 3 aromatic rings.